The molecule has 1 saturated carbocycles. The number of hydrogen-bond donors (Lipinski definition) is 3. The molecule has 0 unspecified atom stereocenters. The van der Waals surface area contributed by atoms with E-state index in [4.69, 9.17) is 24.2 Å². The quantitative estimate of drug-likeness (QED) is 0.112. The van der Waals surface area contributed by atoms with E-state index >= 15 is 0 Å². The van der Waals surface area contributed by atoms with Crippen LogP contribution in [0.5, 0.6) is 0 Å². The molecule has 0 spiro atoms. The van der Waals surface area contributed by atoms with Gasteiger partial charge >= 0.3 is 12.2 Å². The van der Waals surface area contributed by atoms with E-state index in [1.165, 1.54) is 26.3 Å². The lowest BCUT2D eigenvalue weighted by Crippen LogP contribution is -2.56. The Morgan fingerprint density at radius 3 is 2.39 bits per heavy atom. The second kappa shape index (κ2) is 16.5. The first-order chi connectivity index (χ1) is 28.5. The van der Waals surface area contributed by atoms with Crippen molar-refractivity contribution < 1.29 is 33.4 Å². The van der Waals surface area contributed by atoms with E-state index < -0.39 is 30.4 Å². The van der Waals surface area contributed by atoms with Crippen LogP contribution in [0.4, 0.5) is 9.59 Å². The maximum absolute atomic E-state index is 14.0. The van der Waals surface area contributed by atoms with Crippen LogP contribution in [0.15, 0.2) is 60.8 Å². The number of aromatic amines is 2. The molecule has 2 bridgehead atoms. The number of fused-ring (bicyclic) bond motifs is 5. The van der Waals surface area contributed by atoms with Crippen molar-refractivity contribution in [3.8, 4) is 22.4 Å². The van der Waals surface area contributed by atoms with Crippen LogP contribution in [0.3, 0.4) is 0 Å². The summed E-state index contributed by atoms with van der Waals surface area (Å²) in [6, 6.07) is 16.9. The van der Waals surface area contributed by atoms with Gasteiger partial charge in [-0.15, -0.1) is 0 Å². The molecule has 2 saturated heterocycles. The number of nitrogens with one attached hydrogen (secondary N) is 3. The Morgan fingerprint density at radius 1 is 0.915 bits per heavy atom. The summed E-state index contributed by atoms with van der Waals surface area (Å²) in [6.45, 7) is 6.20. The highest BCUT2D eigenvalue weighted by Crippen LogP contribution is 2.50. The van der Waals surface area contributed by atoms with E-state index in [-0.39, 0.29) is 35.9 Å². The molecule has 15 heteroatoms. The minimum Gasteiger partial charge on any atom is -0.453 e. The SMILES string of the molecule is COC(=O)N[C@H](C(=O)N1[C@@H]2CC[C@@H](C2)[C@H]1c1ncc(-c2ccc(-c3ccc4c(ccc5[nH]c([C@@H]6CCCN6N(C(=O)OC)[C@H](C=O)C(C)C)nc54)c3)cc2)[nH]1)[C@@H](C)OC. The van der Waals surface area contributed by atoms with Crippen molar-refractivity contribution in [1.29, 1.82) is 0 Å². The minimum absolute atomic E-state index is 0.0676. The Labute approximate surface area is 342 Å². The average molecular weight is 805 g/mol. The largest absolute Gasteiger partial charge is 0.453 e. The molecule has 15 nitrogen and oxygen atoms in total. The highest BCUT2D eigenvalue weighted by Gasteiger charge is 2.52. The molecule has 2 aromatic heterocycles. The average Bonchev–Trinajstić information content (AvgIpc) is 4.12. The number of hydrogen-bond acceptors (Lipinski definition) is 10. The third kappa shape index (κ3) is 7.30. The normalized spacial score (nSPS) is 21.8. The van der Waals surface area contributed by atoms with Gasteiger partial charge in [-0.2, -0.15) is 0 Å². The van der Waals surface area contributed by atoms with Crippen LogP contribution in [-0.4, -0.2) is 111 Å². The van der Waals surface area contributed by atoms with E-state index in [2.05, 4.69) is 63.8 Å². The number of carbonyl (C=O) groups excluding carboxylic acids is 4. The fourth-order valence-corrected chi connectivity index (χ4v) is 9.43. The molecule has 1 aliphatic carbocycles. The number of H-pyrrole nitrogens is 2. The van der Waals surface area contributed by atoms with Gasteiger partial charge in [0.25, 0.3) is 0 Å². The number of amides is 3. The van der Waals surface area contributed by atoms with E-state index in [1.807, 2.05) is 36.0 Å². The van der Waals surface area contributed by atoms with Gasteiger partial charge in [0, 0.05) is 25.1 Å². The first-order valence-electron chi connectivity index (χ1n) is 20.4. The number of alkyl carbamates (subject to hydrolysis) is 1. The molecule has 3 aliphatic rings. The molecule has 3 aromatic carbocycles. The lowest BCUT2D eigenvalue weighted by atomic mass is 9.97. The van der Waals surface area contributed by atoms with Crippen LogP contribution in [0, 0.1) is 11.8 Å². The number of likely N-dealkylation sites (tertiary alicyclic amines) is 1. The Kier molecular flexibility index (Phi) is 11.2. The van der Waals surface area contributed by atoms with Gasteiger partial charge in [0.05, 0.1) is 55.3 Å². The third-order valence-electron chi connectivity index (χ3n) is 12.6. The van der Waals surface area contributed by atoms with Crippen LogP contribution >= 0.6 is 0 Å². The smallest absolute Gasteiger partial charge is 0.424 e. The molecular formula is C44H52N8O7. The summed E-state index contributed by atoms with van der Waals surface area (Å²) in [6.07, 6.45) is 5.27. The van der Waals surface area contributed by atoms with Gasteiger partial charge in [0.2, 0.25) is 5.91 Å². The predicted molar refractivity (Wildman–Crippen MR) is 221 cm³/mol. The van der Waals surface area contributed by atoms with E-state index in [0.29, 0.717) is 6.54 Å². The number of rotatable bonds is 12. The maximum atomic E-state index is 14.0. The molecule has 2 aliphatic heterocycles. The summed E-state index contributed by atoms with van der Waals surface area (Å²) in [4.78, 5) is 70.2. The first kappa shape index (κ1) is 40.0. The summed E-state index contributed by atoms with van der Waals surface area (Å²) in [5.41, 5.74) is 5.69. The molecular weight excluding hydrogens is 753 g/mol. The summed E-state index contributed by atoms with van der Waals surface area (Å²) in [5, 5.41) is 8.13. The number of piperidine rings is 1. The van der Waals surface area contributed by atoms with Crippen molar-refractivity contribution in [1.82, 2.24) is 40.2 Å². The van der Waals surface area contributed by atoms with Crippen molar-refractivity contribution in [3.63, 3.8) is 0 Å². The number of aldehydes is 1. The number of carbonyl (C=O) groups is 4. The summed E-state index contributed by atoms with van der Waals surface area (Å²) in [5.74, 6) is 1.45. The van der Waals surface area contributed by atoms with Crippen LogP contribution in [0.25, 0.3) is 44.2 Å². The Morgan fingerprint density at radius 2 is 1.68 bits per heavy atom. The zero-order valence-corrected chi connectivity index (χ0v) is 34.3. The van der Waals surface area contributed by atoms with Crippen LogP contribution in [-0.2, 0) is 23.8 Å². The van der Waals surface area contributed by atoms with Gasteiger partial charge in [-0.25, -0.2) is 29.6 Å². The third-order valence-corrected chi connectivity index (χ3v) is 12.6. The van der Waals surface area contributed by atoms with Crippen LogP contribution < -0.4 is 5.32 Å². The molecule has 3 N–H and O–H groups in total. The van der Waals surface area contributed by atoms with Crippen LogP contribution in [0.1, 0.15) is 76.6 Å². The molecule has 3 amide bonds. The Balaban J connectivity index is 1.01. The molecule has 59 heavy (non-hydrogen) atoms. The van der Waals surface area contributed by atoms with Crippen molar-refractivity contribution >= 4 is 46.2 Å². The maximum Gasteiger partial charge on any atom is 0.424 e. The zero-order chi connectivity index (χ0) is 41.5. The van der Waals surface area contributed by atoms with Crippen molar-refractivity contribution in [2.24, 2.45) is 11.8 Å². The molecule has 4 heterocycles. The van der Waals surface area contributed by atoms with Gasteiger partial charge < -0.3 is 39.2 Å². The molecule has 0 radical (unpaired) electrons. The van der Waals surface area contributed by atoms with Gasteiger partial charge in [-0.1, -0.05) is 56.3 Å². The number of ether oxygens (including phenoxy) is 3. The molecule has 7 atom stereocenters. The van der Waals surface area contributed by atoms with Gasteiger partial charge in [0.1, 0.15) is 30.0 Å². The second-order valence-electron chi connectivity index (χ2n) is 16.3. The number of nitrogens with zero attached hydrogens (tertiary/aromatic N) is 5. The van der Waals surface area contributed by atoms with Gasteiger partial charge in [-0.3, -0.25) is 4.79 Å². The Bertz CT molecular complexity index is 2360. The molecule has 310 valence electrons. The highest BCUT2D eigenvalue weighted by molar-refractivity contribution is 6.05. The molecule has 3 fully saturated rings. The van der Waals surface area contributed by atoms with Gasteiger partial charge in [-0.05, 0) is 85.1 Å². The van der Waals surface area contributed by atoms with Crippen molar-refractivity contribution in [2.75, 3.05) is 27.9 Å². The van der Waals surface area contributed by atoms with Gasteiger partial charge in [0.15, 0.2) is 0 Å². The zero-order valence-electron chi connectivity index (χ0n) is 34.3. The lowest BCUT2D eigenvalue weighted by Gasteiger charge is -2.39. The van der Waals surface area contributed by atoms with E-state index in [1.54, 1.807) is 6.92 Å². The highest BCUT2D eigenvalue weighted by atomic mass is 16.5. The fourth-order valence-electron chi connectivity index (χ4n) is 9.43. The number of aromatic nitrogens is 4. The van der Waals surface area contributed by atoms with Crippen LogP contribution in [0.2, 0.25) is 0 Å². The number of imidazole rings is 2. The number of hydrazine groups is 1. The fraction of sp³-hybridized carbons (Fsp3) is 0.455. The predicted octanol–water partition coefficient (Wildman–Crippen LogP) is 6.93. The topological polar surface area (TPSA) is 175 Å². The number of benzene rings is 3. The summed E-state index contributed by atoms with van der Waals surface area (Å²) < 4.78 is 15.4. The molecule has 5 aromatic rings. The van der Waals surface area contributed by atoms with Crippen molar-refractivity contribution in [2.45, 2.75) is 89.2 Å². The first-order valence-corrected chi connectivity index (χ1v) is 20.4. The second-order valence-corrected chi connectivity index (χ2v) is 16.3. The molecule has 8 rings (SSSR count). The standard InChI is InChI=1S/C44H52N8O7/c1-24(2)36(23-53)52(44(56)59-6)50-19-7-8-35(50)40-46-33-18-15-29-20-28(14-17-32(29)38(33)48-40)26-9-11-27(12-10-26)34-22-45-41(47-34)39-30-13-16-31(21-30)51(39)42(54)37(25(3)57-4)49-43(55)58-5/h9-12,14-15,17-18,20,22-25,30-31,35-37,39H,7-8,13,16,19,21H2,1-6H3,(H,45,47)(H,46,48)(H,49,55)/t25-,30+,31-,35+,36-,37+,39+/m1/s1. The Hall–Kier alpha value is -5.80. The minimum atomic E-state index is -0.893. The summed E-state index contributed by atoms with van der Waals surface area (Å²) in [7, 11) is 4.13. The van der Waals surface area contributed by atoms with E-state index in [9.17, 15) is 19.2 Å². The van der Waals surface area contributed by atoms with Crippen molar-refractivity contribution in [3.05, 3.63) is 72.4 Å². The number of methoxy groups -OCH3 is 3. The summed E-state index contributed by atoms with van der Waals surface area (Å²) >= 11 is 0. The monoisotopic (exact) mass is 804 g/mol. The van der Waals surface area contributed by atoms with E-state index in [0.717, 1.165) is 94.2 Å². The lowest BCUT2D eigenvalue weighted by molar-refractivity contribution is -0.141.